The van der Waals surface area contributed by atoms with Gasteiger partial charge in [0.25, 0.3) is 5.91 Å². The summed E-state index contributed by atoms with van der Waals surface area (Å²) in [6.45, 7) is 8.57. The maximum absolute atomic E-state index is 13.1. The summed E-state index contributed by atoms with van der Waals surface area (Å²) in [7, 11) is -2.28. The third-order valence-corrected chi connectivity index (χ3v) is 8.05. The fourth-order valence-corrected chi connectivity index (χ4v) is 6.30. The van der Waals surface area contributed by atoms with E-state index < -0.39 is 10.0 Å². The molecule has 0 bridgehead atoms. The van der Waals surface area contributed by atoms with Gasteiger partial charge in [0.1, 0.15) is 10.6 Å². The SMILES string of the molecule is COc1ccc(C(=O)N2CCC(CN3CC(C)OC(C)C3)CC2)cc1S(=O)(=O)NC1CC1. The lowest BCUT2D eigenvalue weighted by Gasteiger charge is -2.39. The number of likely N-dealkylation sites (tertiary alicyclic amines) is 1. The number of piperidine rings is 1. The number of sulfonamides is 1. The summed E-state index contributed by atoms with van der Waals surface area (Å²) in [6.07, 6.45) is 4.12. The van der Waals surface area contributed by atoms with E-state index in [-0.39, 0.29) is 34.8 Å². The lowest BCUT2D eigenvalue weighted by molar-refractivity contribution is -0.0728. The molecule has 1 aromatic carbocycles. The van der Waals surface area contributed by atoms with E-state index in [0.717, 1.165) is 45.3 Å². The molecule has 3 fully saturated rings. The Morgan fingerprint density at radius 3 is 2.38 bits per heavy atom. The summed E-state index contributed by atoms with van der Waals surface area (Å²) < 4.78 is 39.3. The van der Waals surface area contributed by atoms with Gasteiger partial charge in [-0.1, -0.05) is 0 Å². The van der Waals surface area contributed by atoms with Crippen molar-refractivity contribution in [1.29, 1.82) is 0 Å². The van der Waals surface area contributed by atoms with Crippen LogP contribution in [0.5, 0.6) is 5.75 Å². The number of hydrogen-bond acceptors (Lipinski definition) is 6. The van der Waals surface area contributed by atoms with Crippen LogP contribution in [0.25, 0.3) is 0 Å². The molecule has 1 saturated carbocycles. The zero-order valence-corrected chi connectivity index (χ0v) is 20.1. The highest BCUT2D eigenvalue weighted by Crippen LogP contribution is 2.29. The summed E-state index contributed by atoms with van der Waals surface area (Å²) >= 11 is 0. The minimum atomic E-state index is -3.72. The van der Waals surface area contributed by atoms with Gasteiger partial charge in [-0.25, -0.2) is 13.1 Å². The van der Waals surface area contributed by atoms with Gasteiger partial charge in [-0.15, -0.1) is 0 Å². The molecule has 2 aliphatic heterocycles. The highest BCUT2D eigenvalue weighted by molar-refractivity contribution is 7.89. The van der Waals surface area contributed by atoms with Crippen LogP contribution in [0.2, 0.25) is 0 Å². The standard InChI is InChI=1S/C23H35N3O5S/c1-16-13-25(14-17(2)31-16)15-18-8-10-26(11-9-18)23(27)19-4-7-21(30-3)22(12-19)32(28,29)24-20-5-6-20/h4,7,12,16-18,20,24H,5-6,8-11,13-15H2,1-3H3. The second-order valence-electron chi connectivity index (χ2n) is 9.47. The van der Waals surface area contributed by atoms with Gasteiger partial charge in [0, 0.05) is 44.3 Å². The molecular weight excluding hydrogens is 430 g/mol. The van der Waals surface area contributed by atoms with Crippen LogP contribution in [0.1, 0.15) is 49.9 Å². The van der Waals surface area contributed by atoms with Gasteiger partial charge in [-0.05, 0) is 63.6 Å². The number of benzene rings is 1. The van der Waals surface area contributed by atoms with Gasteiger partial charge in [0.05, 0.1) is 19.3 Å². The van der Waals surface area contributed by atoms with Crippen molar-refractivity contribution in [2.75, 3.05) is 39.8 Å². The van der Waals surface area contributed by atoms with Crippen LogP contribution in [0.3, 0.4) is 0 Å². The largest absolute Gasteiger partial charge is 0.495 e. The summed E-state index contributed by atoms with van der Waals surface area (Å²) in [5.41, 5.74) is 0.385. The Kier molecular flexibility index (Phi) is 7.09. The van der Waals surface area contributed by atoms with Gasteiger partial charge in [0.2, 0.25) is 10.0 Å². The monoisotopic (exact) mass is 465 g/mol. The molecule has 1 amide bonds. The first-order valence-corrected chi connectivity index (χ1v) is 13.1. The van der Waals surface area contributed by atoms with Crippen molar-refractivity contribution in [2.24, 2.45) is 5.92 Å². The van der Waals surface area contributed by atoms with Crippen LogP contribution in [0, 0.1) is 5.92 Å². The quantitative estimate of drug-likeness (QED) is 0.664. The Balaban J connectivity index is 1.38. The number of nitrogens with one attached hydrogen (secondary N) is 1. The number of nitrogens with zero attached hydrogens (tertiary/aromatic N) is 2. The fraction of sp³-hybridized carbons (Fsp3) is 0.696. The fourth-order valence-electron chi connectivity index (χ4n) is 4.80. The van der Waals surface area contributed by atoms with Crippen LogP contribution in [-0.4, -0.2) is 82.2 Å². The predicted octanol–water partition coefficient (Wildman–Crippen LogP) is 2.10. The van der Waals surface area contributed by atoms with Crippen molar-refractivity contribution in [2.45, 2.75) is 62.7 Å². The first-order chi connectivity index (χ1) is 15.2. The molecule has 2 unspecified atom stereocenters. The molecule has 1 aromatic rings. The summed E-state index contributed by atoms with van der Waals surface area (Å²) in [6, 6.07) is 4.66. The van der Waals surface area contributed by atoms with Gasteiger partial charge in [0.15, 0.2) is 0 Å². The van der Waals surface area contributed by atoms with E-state index in [9.17, 15) is 13.2 Å². The summed E-state index contributed by atoms with van der Waals surface area (Å²) in [5.74, 6) is 0.691. The van der Waals surface area contributed by atoms with Gasteiger partial charge < -0.3 is 14.4 Å². The molecule has 0 aromatic heterocycles. The van der Waals surface area contributed by atoms with Crippen molar-refractivity contribution >= 4 is 15.9 Å². The molecule has 1 aliphatic carbocycles. The summed E-state index contributed by atoms with van der Waals surface area (Å²) in [4.78, 5) is 17.5. The maximum Gasteiger partial charge on any atom is 0.253 e. The minimum absolute atomic E-state index is 0.0134. The van der Waals surface area contributed by atoms with Crippen LogP contribution < -0.4 is 9.46 Å². The number of amides is 1. The lowest BCUT2D eigenvalue weighted by Crippen LogP contribution is -2.48. The van der Waals surface area contributed by atoms with Gasteiger partial charge in [-0.3, -0.25) is 9.69 Å². The molecule has 2 saturated heterocycles. The van der Waals surface area contributed by atoms with E-state index in [0.29, 0.717) is 24.6 Å². The zero-order chi connectivity index (χ0) is 22.9. The molecule has 32 heavy (non-hydrogen) atoms. The molecule has 178 valence electrons. The topological polar surface area (TPSA) is 88.2 Å². The van der Waals surface area contributed by atoms with Crippen LogP contribution >= 0.6 is 0 Å². The average molecular weight is 466 g/mol. The molecule has 2 atom stereocenters. The van der Waals surface area contributed by atoms with Crippen molar-refractivity contribution < 1.29 is 22.7 Å². The van der Waals surface area contributed by atoms with E-state index in [1.54, 1.807) is 12.1 Å². The second kappa shape index (κ2) is 9.67. The highest BCUT2D eigenvalue weighted by atomic mass is 32.2. The van der Waals surface area contributed by atoms with E-state index in [1.807, 2.05) is 4.90 Å². The molecule has 3 aliphatic rings. The smallest absolute Gasteiger partial charge is 0.253 e. The Labute approximate surface area is 191 Å². The molecule has 8 nitrogen and oxygen atoms in total. The summed E-state index contributed by atoms with van der Waals surface area (Å²) in [5, 5.41) is 0. The van der Waals surface area contributed by atoms with Crippen LogP contribution in [0.15, 0.2) is 23.1 Å². The van der Waals surface area contributed by atoms with Gasteiger partial charge >= 0.3 is 0 Å². The normalized spacial score (nSPS) is 25.7. The Morgan fingerprint density at radius 2 is 1.78 bits per heavy atom. The number of morpholine rings is 1. The van der Waals surface area contributed by atoms with E-state index in [2.05, 4.69) is 23.5 Å². The van der Waals surface area contributed by atoms with Crippen LogP contribution in [0.4, 0.5) is 0 Å². The van der Waals surface area contributed by atoms with Crippen molar-refractivity contribution in [1.82, 2.24) is 14.5 Å². The highest BCUT2D eigenvalue weighted by Gasteiger charge is 2.32. The number of carbonyl (C=O) groups is 1. The maximum atomic E-state index is 13.1. The molecule has 2 heterocycles. The average Bonchev–Trinajstić information content (AvgIpc) is 3.56. The molecule has 4 rings (SSSR count). The van der Waals surface area contributed by atoms with Gasteiger partial charge in [-0.2, -0.15) is 0 Å². The zero-order valence-electron chi connectivity index (χ0n) is 19.2. The van der Waals surface area contributed by atoms with E-state index in [1.165, 1.54) is 13.2 Å². The second-order valence-corrected chi connectivity index (χ2v) is 11.2. The molecule has 0 radical (unpaired) electrons. The molecule has 1 N–H and O–H groups in total. The third kappa shape index (κ3) is 5.62. The van der Waals surface area contributed by atoms with Crippen molar-refractivity contribution in [3.05, 3.63) is 23.8 Å². The first kappa shape index (κ1) is 23.5. The third-order valence-electron chi connectivity index (χ3n) is 6.51. The van der Waals surface area contributed by atoms with Crippen LogP contribution in [-0.2, 0) is 14.8 Å². The molecule has 0 spiro atoms. The van der Waals surface area contributed by atoms with E-state index >= 15 is 0 Å². The first-order valence-electron chi connectivity index (χ1n) is 11.6. The number of carbonyl (C=O) groups excluding carboxylic acids is 1. The number of methoxy groups -OCH3 is 1. The number of rotatable bonds is 7. The lowest BCUT2D eigenvalue weighted by atomic mass is 9.95. The Morgan fingerprint density at radius 1 is 1.12 bits per heavy atom. The Bertz CT molecular complexity index is 916. The molecular formula is C23H35N3O5S. The predicted molar refractivity (Wildman–Crippen MR) is 121 cm³/mol. The van der Waals surface area contributed by atoms with Crippen molar-refractivity contribution in [3.63, 3.8) is 0 Å². The van der Waals surface area contributed by atoms with Crippen molar-refractivity contribution in [3.8, 4) is 5.75 Å². The van der Waals surface area contributed by atoms with E-state index in [4.69, 9.17) is 9.47 Å². The Hall–Kier alpha value is -1.68. The number of hydrogen-bond donors (Lipinski definition) is 1. The molecule has 9 heteroatoms. The minimum Gasteiger partial charge on any atom is -0.495 e. The number of ether oxygens (including phenoxy) is 2.